The van der Waals surface area contributed by atoms with E-state index in [2.05, 4.69) is 18.3 Å². The molecule has 160 valence electrons. The lowest BCUT2D eigenvalue weighted by Crippen LogP contribution is -2.29. The maximum absolute atomic E-state index is 12.2. The van der Waals surface area contributed by atoms with Crippen LogP contribution in [0.1, 0.15) is 88.7 Å². The molecule has 1 fully saturated rings. The molecular formula is C24H36N2O3. The summed E-state index contributed by atoms with van der Waals surface area (Å²) in [6.07, 6.45) is 10.9. The van der Waals surface area contributed by atoms with Gasteiger partial charge in [0.1, 0.15) is 0 Å². The van der Waals surface area contributed by atoms with E-state index in [0.29, 0.717) is 25.8 Å². The summed E-state index contributed by atoms with van der Waals surface area (Å²) < 4.78 is 0. The van der Waals surface area contributed by atoms with Crippen LogP contribution in [0.25, 0.3) is 0 Å². The Morgan fingerprint density at radius 3 is 2.14 bits per heavy atom. The van der Waals surface area contributed by atoms with Crippen LogP contribution >= 0.6 is 0 Å². The summed E-state index contributed by atoms with van der Waals surface area (Å²) in [5.74, 6) is 0.0970. The van der Waals surface area contributed by atoms with Crippen LogP contribution in [0.2, 0.25) is 0 Å². The molecule has 1 N–H and O–H groups in total. The van der Waals surface area contributed by atoms with Crippen molar-refractivity contribution >= 4 is 23.4 Å². The van der Waals surface area contributed by atoms with Gasteiger partial charge in [-0.2, -0.15) is 0 Å². The third-order valence-electron chi connectivity index (χ3n) is 5.69. The van der Waals surface area contributed by atoms with Crippen LogP contribution in [0.5, 0.6) is 0 Å². The molecule has 1 aliphatic heterocycles. The number of likely N-dealkylation sites (tertiary alicyclic amines) is 1. The van der Waals surface area contributed by atoms with Gasteiger partial charge in [0.2, 0.25) is 17.7 Å². The number of para-hydroxylation sites is 1. The lowest BCUT2D eigenvalue weighted by atomic mass is 10.0. The highest BCUT2D eigenvalue weighted by molar-refractivity contribution is 6.01. The summed E-state index contributed by atoms with van der Waals surface area (Å²) >= 11 is 0. The Balaban J connectivity index is 1.47. The summed E-state index contributed by atoms with van der Waals surface area (Å²) in [6.45, 7) is 4.74. The van der Waals surface area contributed by atoms with E-state index in [1.165, 1.54) is 23.3 Å². The van der Waals surface area contributed by atoms with Crippen LogP contribution in [0.4, 0.5) is 5.69 Å². The SMILES string of the molecule is CCc1cccc(C)c1NC(=O)CCCCCCCCCCN1C(=O)CCC1=O. The van der Waals surface area contributed by atoms with E-state index in [9.17, 15) is 14.4 Å². The monoisotopic (exact) mass is 400 g/mol. The number of imide groups is 1. The molecule has 0 atom stereocenters. The number of hydrogen-bond acceptors (Lipinski definition) is 3. The number of benzene rings is 1. The lowest BCUT2D eigenvalue weighted by Gasteiger charge is -2.13. The average Bonchev–Trinajstić information content (AvgIpc) is 3.02. The normalized spacial score (nSPS) is 13.9. The minimum absolute atomic E-state index is 0.00706. The van der Waals surface area contributed by atoms with Crippen molar-refractivity contribution in [1.82, 2.24) is 4.90 Å². The molecule has 0 radical (unpaired) electrons. The molecule has 1 heterocycles. The second-order valence-corrected chi connectivity index (χ2v) is 8.03. The molecule has 5 nitrogen and oxygen atoms in total. The molecule has 1 aromatic rings. The number of hydrogen-bond donors (Lipinski definition) is 1. The van der Waals surface area contributed by atoms with Crippen LogP contribution in [0, 0.1) is 6.92 Å². The Bertz CT molecular complexity index is 683. The molecule has 1 aromatic carbocycles. The fourth-order valence-electron chi connectivity index (χ4n) is 3.89. The minimum atomic E-state index is -0.00706. The summed E-state index contributed by atoms with van der Waals surface area (Å²) in [7, 11) is 0. The maximum Gasteiger partial charge on any atom is 0.229 e. The third-order valence-corrected chi connectivity index (χ3v) is 5.69. The second kappa shape index (κ2) is 12.4. The first-order valence-electron chi connectivity index (χ1n) is 11.2. The first-order valence-corrected chi connectivity index (χ1v) is 11.2. The van der Waals surface area contributed by atoms with Crippen molar-refractivity contribution in [2.75, 3.05) is 11.9 Å². The van der Waals surface area contributed by atoms with Crippen LogP contribution < -0.4 is 5.32 Å². The van der Waals surface area contributed by atoms with Gasteiger partial charge in [0, 0.05) is 31.5 Å². The quantitative estimate of drug-likeness (QED) is 0.367. The number of amides is 3. The van der Waals surface area contributed by atoms with Gasteiger partial charge in [-0.3, -0.25) is 19.3 Å². The Morgan fingerprint density at radius 2 is 1.52 bits per heavy atom. The maximum atomic E-state index is 12.2. The van der Waals surface area contributed by atoms with Gasteiger partial charge in [-0.05, 0) is 37.3 Å². The molecule has 0 aliphatic carbocycles. The summed E-state index contributed by atoms with van der Waals surface area (Å²) in [6, 6.07) is 6.15. The first-order chi connectivity index (χ1) is 14.0. The number of rotatable bonds is 13. The van der Waals surface area contributed by atoms with Gasteiger partial charge >= 0.3 is 0 Å². The van der Waals surface area contributed by atoms with Crippen molar-refractivity contribution in [3.63, 3.8) is 0 Å². The molecule has 0 unspecified atom stereocenters. The van der Waals surface area contributed by atoms with Crippen LogP contribution in [-0.2, 0) is 20.8 Å². The Hall–Kier alpha value is -2.17. The highest BCUT2D eigenvalue weighted by Gasteiger charge is 2.27. The Labute approximate surface area is 175 Å². The predicted octanol–water partition coefficient (Wildman–Crippen LogP) is 5.16. The van der Waals surface area contributed by atoms with Crippen molar-refractivity contribution in [2.45, 2.75) is 90.9 Å². The summed E-state index contributed by atoms with van der Waals surface area (Å²) in [4.78, 5) is 36.7. The summed E-state index contributed by atoms with van der Waals surface area (Å²) in [5.41, 5.74) is 3.30. The van der Waals surface area contributed by atoms with Gasteiger partial charge in [0.15, 0.2) is 0 Å². The van der Waals surface area contributed by atoms with E-state index in [1.807, 2.05) is 19.1 Å². The van der Waals surface area contributed by atoms with E-state index in [4.69, 9.17) is 0 Å². The van der Waals surface area contributed by atoms with Crippen molar-refractivity contribution in [3.8, 4) is 0 Å². The van der Waals surface area contributed by atoms with Crippen LogP contribution in [0.15, 0.2) is 18.2 Å². The zero-order valence-electron chi connectivity index (χ0n) is 18.1. The zero-order valence-corrected chi connectivity index (χ0v) is 18.1. The molecular weight excluding hydrogens is 364 g/mol. The highest BCUT2D eigenvalue weighted by Crippen LogP contribution is 2.21. The molecule has 0 aromatic heterocycles. The predicted molar refractivity (Wildman–Crippen MR) is 117 cm³/mol. The van der Waals surface area contributed by atoms with Crippen LogP contribution in [-0.4, -0.2) is 29.2 Å². The Kier molecular flexibility index (Phi) is 9.89. The molecule has 1 saturated heterocycles. The molecule has 0 bridgehead atoms. The van der Waals surface area contributed by atoms with Crippen molar-refractivity contribution in [2.24, 2.45) is 0 Å². The van der Waals surface area contributed by atoms with Gasteiger partial charge < -0.3 is 5.32 Å². The zero-order chi connectivity index (χ0) is 21.1. The van der Waals surface area contributed by atoms with Gasteiger partial charge in [0.25, 0.3) is 0 Å². The number of nitrogens with one attached hydrogen (secondary N) is 1. The number of nitrogens with zero attached hydrogens (tertiary/aromatic N) is 1. The van der Waals surface area contributed by atoms with Gasteiger partial charge in [0.05, 0.1) is 0 Å². The molecule has 29 heavy (non-hydrogen) atoms. The fraction of sp³-hybridized carbons (Fsp3) is 0.625. The number of carbonyl (C=O) groups excluding carboxylic acids is 3. The van der Waals surface area contributed by atoms with E-state index >= 15 is 0 Å². The minimum Gasteiger partial charge on any atom is -0.326 e. The lowest BCUT2D eigenvalue weighted by molar-refractivity contribution is -0.138. The van der Waals surface area contributed by atoms with E-state index in [0.717, 1.165) is 56.2 Å². The molecule has 0 saturated carbocycles. The number of carbonyl (C=O) groups is 3. The van der Waals surface area contributed by atoms with Gasteiger partial charge in [-0.15, -0.1) is 0 Å². The molecule has 3 amide bonds. The first kappa shape index (κ1) is 23.1. The van der Waals surface area contributed by atoms with Crippen molar-refractivity contribution in [3.05, 3.63) is 29.3 Å². The third kappa shape index (κ3) is 7.64. The Morgan fingerprint density at radius 1 is 0.931 bits per heavy atom. The van der Waals surface area contributed by atoms with Crippen molar-refractivity contribution < 1.29 is 14.4 Å². The van der Waals surface area contributed by atoms with E-state index < -0.39 is 0 Å². The number of unbranched alkanes of at least 4 members (excludes halogenated alkanes) is 7. The van der Waals surface area contributed by atoms with Gasteiger partial charge in [-0.1, -0.05) is 63.6 Å². The van der Waals surface area contributed by atoms with E-state index in [1.54, 1.807) is 0 Å². The number of anilines is 1. The largest absolute Gasteiger partial charge is 0.326 e. The molecule has 1 aliphatic rings. The standard InChI is InChI=1S/C24H36N2O3/c1-3-20-14-12-13-19(2)24(20)25-21(27)15-10-8-6-4-5-7-9-11-18-26-22(28)16-17-23(26)29/h12-14H,3-11,15-18H2,1-2H3,(H,25,27). The molecule has 0 spiro atoms. The van der Waals surface area contributed by atoms with E-state index in [-0.39, 0.29) is 17.7 Å². The van der Waals surface area contributed by atoms with Crippen molar-refractivity contribution in [1.29, 1.82) is 0 Å². The molecule has 5 heteroatoms. The highest BCUT2D eigenvalue weighted by atomic mass is 16.2. The van der Waals surface area contributed by atoms with Gasteiger partial charge in [-0.25, -0.2) is 0 Å². The smallest absolute Gasteiger partial charge is 0.229 e. The second-order valence-electron chi connectivity index (χ2n) is 8.03. The fourth-order valence-corrected chi connectivity index (χ4v) is 3.89. The van der Waals surface area contributed by atoms with Crippen LogP contribution in [0.3, 0.4) is 0 Å². The average molecular weight is 401 g/mol. The number of aryl methyl sites for hydroxylation is 2. The molecule has 2 rings (SSSR count). The summed E-state index contributed by atoms with van der Waals surface area (Å²) in [5, 5.41) is 3.09. The topological polar surface area (TPSA) is 66.5 Å².